The number of benzene rings is 2. The summed E-state index contributed by atoms with van der Waals surface area (Å²) >= 11 is 1.57. The van der Waals surface area contributed by atoms with Crippen LogP contribution >= 0.6 is 11.3 Å². The molecule has 2 N–H and O–H groups in total. The summed E-state index contributed by atoms with van der Waals surface area (Å²) in [6.07, 6.45) is 4.41. The lowest BCUT2D eigenvalue weighted by Gasteiger charge is -2.06. The van der Waals surface area contributed by atoms with Crippen LogP contribution in [-0.4, -0.2) is 16.8 Å². The molecule has 4 rings (SSSR count). The van der Waals surface area contributed by atoms with Gasteiger partial charge in [0.15, 0.2) is 5.13 Å². The first-order valence-corrected chi connectivity index (χ1v) is 9.77. The van der Waals surface area contributed by atoms with Crippen LogP contribution in [0, 0.1) is 0 Å². The molecule has 6 heteroatoms. The zero-order valence-electron chi connectivity index (χ0n) is 14.7. The summed E-state index contributed by atoms with van der Waals surface area (Å²) in [6.45, 7) is 0. The average Bonchev–Trinajstić information content (AvgIpc) is 3.11. The predicted molar refractivity (Wildman–Crippen MR) is 108 cm³/mol. The highest BCUT2D eigenvalue weighted by molar-refractivity contribution is 7.15. The number of carbonyl (C=O) groups excluding carboxylic acids is 2. The van der Waals surface area contributed by atoms with Crippen LogP contribution in [0.15, 0.2) is 54.6 Å². The number of rotatable bonds is 4. The first-order chi connectivity index (χ1) is 13.2. The van der Waals surface area contributed by atoms with Crippen LogP contribution in [0.1, 0.15) is 44.1 Å². The topological polar surface area (TPSA) is 71.1 Å². The van der Waals surface area contributed by atoms with E-state index in [1.807, 2.05) is 18.2 Å². The van der Waals surface area contributed by atoms with E-state index in [1.165, 1.54) is 17.7 Å². The van der Waals surface area contributed by atoms with Gasteiger partial charge in [0.2, 0.25) is 0 Å². The molecule has 0 saturated carbocycles. The molecule has 0 fully saturated rings. The third kappa shape index (κ3) is 4.06. The van der Waals surface area contributed by atoms with Crippen LogP contribution in [-0.2, 0) is 12.8 Å². The van der Waals surface area contributed by atoms with Gasteiger partial charge < -0.3 is 5.32 Å². The Kier molecular flexibility index (Phi) is 4.98. The van der Waals surface area contributed by atoms with Crippen molar-refractivity contribution in [2.75, 3.05) is 10.6 Å². The minimum absolute atomic E-state index is 0.179. The van der Waals surface area contributed by atoms with Crippen LogP contribution in [0.2, 0.25) is 0 Å². The quantitative estimate of drug-likeness (QED) is 0.702. The van der Waals surface area contributed by atoms with E-state index in [9.17, 15) is 9.59 Å². The van der Waals surface area contributed by atoms with E-state index >= 15 is 0 Å². The van der Waals surface area contributed by atoms with Crippen molar-refractivity contribution in [1.82, 2.24) is 4.98 Å². The van der Waals surface area contributed by atoms with Crippen molar-refractivity contribution < 1.29 is 9.59 Å². The normalized spacial score (nSPS) is 12.9. The van der Waals surface area contributed by atoms with Gasteiger partial charge in [-0.3, -0.25) is 14.9 Å². The summed E-state index contributed by atoms with van der Waals surface area (Å²) in [5, 5.41) is 6.37. The zero-order chi connectivity index (χ0) is 18.6. The van der Waals surface area contributed by atoms with Gasteiger partial charge in [0.25, 0.3) is 11.8 Å². The van der Waals surface area contributed by atoms with E-state index in [1.54, 1.807) is 47.7 Å². The third-order valence-electron chi connectivity index (χ3n) is 4.51. The largest absolute Gasteiger partial charge is 0.322 e. The van der Waals surface area contributed by atoms with Crippen molar-refractivity contribution in [2.45, 2.75) is 25.7 Å². The lowest BCUT2D eigenvalue weighted by molar-refractivity contribution is 0.102. The second kappa shape index (κ2) is 7.72. The molecule has 2 amide bonds. The van der Waals surface area contributed by atoms with Crippen LogP contribution in [0.5, 0.6) is 0 Å². The molecule has 0 bridgehead atoms. The summed E-state index contributed by atoms with van der Waals surface area (Å²) in [5.74, 6) is -0.372. The molecule has 1 aromatic heterocycles. The molecule has 0 aliphatic heterocycles. The Bertz CT molecular complexity index is 941. The molecule has 136 valence electrons. The fourth-order valence-electron chi connectivity index (χ4n) is 3.07. The van der Waals surface area contributed by atoms with Gasteiger partial charge in [0.05, 0.1) is 5.69 Å². The van der Waals surface area contributed by atoms with Gasteiger partial charge in [-0.15, -0.1) is 11.3 Å². The molecule has 0 unspecified atom stereocenters. The Labute approximate surface area is 161 Å². The first-order valence-electron chi connectivity index (χ1n) is 8.95. The van der Waals surface area contributed by atoms with Gasteiger partial charge in [0.1, 0.15) is 0 Å². The van der Waals surface area contributed by atoms with Gasteiger partial charge in [-0.05, 0) is 62.1 Å². The standard InChI is InChI=1S/C21H19N3O2S/c25-19(14-6-2-1-3-7-14)22-16-12-10-15(11-13-16)20(26)24-21-23-17-8-4-5-9-18(17)27-21/h1-3,6-7,10-13H,4-5,8-9H2,(H,22,25)(H,23,24,26). The highest BCUT2D eigenvalue weighted by atomic mass is 32.1. The van der Waals surface area contributed by atoms with Crippen molar-refractivity contribution in [1.29, 1.82) is 0 Å². The van der Waals surface area contributed by atoms with Crippen LogP contribution in [0.4, 0.5) is 10.8 Å². The number of hydrogen-bond donors (Lipinski definition) is 2. The van der Waals surface area contributed by atoms with Gasteiger partial charge >= 0.3 is 0 Å². The van der Waals surface area contributed by atoms with E-state index in [0.29, 0.717) is 21.9 Å². The number of nitrogens with one attached hydrogen (secondary N) is 2. The Hall–Kier alpha value is -2.99. The summed E-state index contributed by atoms with van der Waals surface area (Å²) in [5.41, 5.74) is 2.89. The molecule has 3 aromatic rings. The Morgan fingerprint density at radius 1 is 0.815 bits per heavy atom. The minimum Gasteiger partial charge on any atom is -0.322 e. The van der Waals surface area contributed by atoms with Crippen molar-refractivity contribution in [3.8, 4) is 0 Å². The minimum atomic E-state index is -0.193. The monoisotopic (exact) mass is 377 g/mol. The van der Waals surface area contributed by atoms with Crippen molar-refractivity contribution >= 4 is 34.0 Å². The highest BCUT2D eigenvalue weighted by Gasteiger charge is 2.17. The third-order valence-corrected chi connectivity index (χ3v) is 5.58. The van der Waals surface area contributed by atoms with Crippen LogP contribution in [0.25, 0.3) is 0 Å². The fourth-order valence-corrected chi connectivity index (χ4v) is 4.12. The van der Waals surface area contributed by atoms with Gasteiger partial charge in [-0.2, -0.15) is 0 Å². The van der Waals surface area contributed by atoms with E-state index in [0.717, 1.165) is 18.5 Å². The molecule has 2 aromatic carbocycles. The Balaban J connectivity index is 1.40. The second-order valence-electron chi connectivity index (χ2n) is 6.45. The lowest BCUT2D eigenvalue weighted by Crippen LogP contribution is -2.13. The number of thiazole rings is 1. The maximum absolute atomic E-state index is 12.5. The number of nitrogens with zero attached hydrogens (tertiary/aromatic N) is 1. The molecule has 0 saturated heterocycles. The van der Waals surface area contributed by atoms with Crippen molar-refractivity contribution in [2.24, 2.45) is 0 Å². The van der Waals surface area contributed by atoms with Crippen molar-refractivity contribution in [3.05, 3.63) is 76.3 Å². The zero-order valence-corrected chi connectivity index (χ0v) is 15.5. The molecule has 27 heavy (non-hydrogen) atoms. The highest BCUT2D eigenvalue weighted by Crippen LogP contribution is 2.29. The fraction of sp³-hybridized carbons (Fsp3) is 0.190. The molecule has 0 radical (unpaired) electrons. The van der Waals surface area contributed by atoms with Gasteiger partial charge in [-0.1, -0.05) is 18.2 Å². The van der Waals surface area contributed by atoms with Crippen LogP contribution in [0.3, 0.4) is 0 Å². The van der Waals surface area contributed by atoms with Crippen LogP contribution < -0.4 is 10.6 Å². The Morgan fingerprint density at radius 3 is 2.22 bits per heavy atom. The van der Waals surface area contributed by atoms with E-state index < -0.39 is 0 Å². The van der Waals surface area contributed by atoms with Gasteiger partial charge in [0, 0.05) is 21.7 Å². The number of aromatic nitrogens is 1. The number of carbonyl (C=O) groups is 2. The molecule has 5 nitrogen and oxygen atoms in total. The molecule has 1 aliphatic rings. The number of aryl methyl sites for hydroxylation is 2. The summed E-state index contributed by atoms with van der Waals surface area (Å²) in [6, 6.07) is 15.9. The molecular formula is C21H19N3O2S. The van der Waals surface area contributed by atoms with Gasteiger partial charge in [-0.25, -0.2) is 4.98 Å². The maximum Gasteiger partial charge on any atom is 0.257 e. The number of hydrogen-bond acceptors (Lipinski definition) is 4. The number of amides is 2. The molecule has 1 heterocycles. The average molecular weight is 377 g/mol. The molecular weight excluding hydrogens is 358 g/mol. The molecule has 1 aliphatic carbocycles. The summed E-state index contributed by atoms with van der Waals surface area (Å²) < 4.78 is 0. The second-order valence-corrected chi connectivity index (χ2v) is 7.53. The summed E-state index contributed by atoms with van der Waals surface area (Å²) in [4.78, 5) is 30.4. The first kappa shape index (κ1) is 17.4. The summed E-state index contributed by atoms with van der Waals surface area (Å²) in [7, 11) is 0. The van der Waals surface area contributed by atoms with E-state index in [2.05, 4.69) is 15.6 Å². The lowest BCUT2D eigenvalue weighted by atomic mass is 10.0. The van der Waals surface area contributed by atoms with E-state index in [4.69, 9.17) is 0 Å². The predicted octanol–water partition coefficient (Wildman–Crippen LogP) is 4.53. The molecule has 0 spiro atoms. The van der Waals surface area contributed by atoms with E-state index in [-0.39, 0.29) is 11.8 Å². The Morgan fingerprint density at radius 2 is 1.48 bits per heavy atom. The number of anilines is 2. The number of fused-ring (bicyclic) bond motifs is 1. The molecule has 0 atom stereocenters. The SMILES string of the molecule is O=C(Nc1ccc(C(=O)Nc2nc3c(s2)CCCC3)cc1)c1ccccc1. The smallest absolute Gasteiger partial charge is 0.257 e. The maximum atomic E-state index is 12.5. The van der Waals surface area contributed by atoms with Crippen molar-refractivity contribution in [3.63, 3.8) is 0 Å².